The maximum Gasteiger partial charge on any atom is 0.264 e. The van der Waals surface area contributed by atoms with Crippen molar-refractivity contribution in [2.45, 2.75) is 23.9 Å². The third-order valence-corrected chi connectivity index (χ3v) is 7.27. The number of anilines is 2. The highest BCUT2D eigenvalue weighted by molar-refractivity contribution is 7.99. The number of amides is 1. The third kappa shape index (κ3) is 5.11. The second-order valence-corrected chi connectivity index (χ2v) is 10.5. The number of nitrogens with one attached hydrogen (secondary N) is 3. The van der Waals surface area contributed by atoms with Gasteiger partial charge in [-0.1, -0.05) is 30.0 Å². The van der Waals surface area contributed by atoms with Crippen molar-refractivity contribution in [3.8, 4) is 0 Å². The number of H-pyrrole nitrogens is 1. The molecule has 0 aliphatic rings. The largest absolute Gasteiger partial charge is 0.338 e. The number of para-hydroxylation sites is 1. The molecule has 3 aromatic heterocycles. The second kappa shape index (κ2) is 9.51. The standard InChI is InChI=1S/C23H20N8O3S2/c1-13-11-14(2)25-22(24-13)31-36(33,34)16-9-7-15(8-10-16)26-19(32)12-35-23-28-21-20(29-30-23)17-5-3-4-6-18(17)27-21/h3-11H,12H2,1-2H3,(H,26,32)(H,24,25,31)(H,27,28,30). The number of benzene rings is 2. The summed E-state index contributed by atoms with van der Waals surface area (Å²) in [7, 11) is -3.88. The highest BCUT2D eigenvalue weighted by Gasteiger charge is 2.17. The minimum atomic E-state index is -3.88. The number of aromatic amines is 1. The fourth-order valence-electron chi connectivity index (χ4n) is 3.56. The Morgan fingerprint density at radius 1 is 0.972 bits per heavy atom. The Balaban J connectivity index is 1.21. The third-order valence-electron chi connectivity index (χ3n) is 5.09. The van der Waals surface area contributed by atoms with Gasteiger partial charge in [0, 0.05) is 28.0 Å². The number of carbonyl (C=O) groups is 1. The molecule has 36 heavy (non-hydrogen) atoms. The first-order valence-electron chi connectivity index (χ1n) is 10.8. The molecule has 5 aromatic rings. The van der Waals surface area contributed by atoms with Crippen LogP contribution in [0.1, 0.15) is 11.4 Å². The summed E-state index contributed by atoms with van der Waals surface area (Å²) in [5.74, 6) is -0.235. The number of aromatic nitrogens is 6. The fourth-order valence-corrected chi connectivity index (χ4v) is 5.09. The van der Waals surface area contributed by atoms with E-state index in [2.05, 4.69) is 40.2 Å². The molecule has 0 aliphatic carbocycles. The van der Waals surface area contributed by atoms with Gasteiger partial charge in [0.1, 0.15) is 5.52 Å². The van der Waals surface area contributed by atoms with E-state index in [1.807, 2.05) is 24.3 Å². The zero-order valence-electron chi connectivity index (χ0n) is 19.2. The Morgan fingerprint density at radius 3 is 2.44 bits per heavy atom. The summed E-state index contributed by atoms with van der Waals surface area (Å²) in [6.07, 6.45) is 0. The average Bonchev–Trinajstić information content (AvgIpc) is 3.20. The van der Waals surface area contributed by atoms with Crippen LogP contribution in [0.4, 0.5) is 11.6 Å². The zero-order valence-corrected chi connectivity index (χ0v) is 20.8. The molecule has 0 spiro atoms. The minimum absolute atomic E-state index is 0.00393. The first-order valence-corrected chi connectivity index (χ1v) is 13.2. The Labute approximate surface area is 210 Å². The van der Waals surface area contributed by atoms with Crippen LogP contribution in [-0.4, -0.2) is 50.2 Å². The molecule has 0 bridgehead atoms. The quantitative estimate of drug-likeness (QED) is 0.274. The summed E-state index contributed by atoms with van der Waals surface area (Å²) in [5.41, 5.74) is 3.94. The molecule has 11 nitrogen and oxygen atoms in total. The summed E-state index contributed by atoms with van der Waals surface area (Å²) in [6.45, 7) is 3.51. The zero-order chi connectivity index (χ0) is 25.3. The van der Waals surface area contributed by atoms with Gasteiger partial charge in [-0.05, 0) is 50.2 Å². The molecule has 3 N–H and O–H groups in total. The van der Waals surface area contributed by atoms with Gasteiger partial charge in [0.15, 0.2) is 5.65 Å². The molecule has 0 radical (unpaired) electrons. The van der Waals surface area contributed by atoms with Crippen molar-refractivity contribution in [2.75, 3.05) is 15.8 Å². The molecule has 2 aromatic carbocycles. The van der Waals surface area contributed by atoms with E-state index >= 15 is 0 Å². The van der Waals surface area contributed by atoms with E-state index in [9.17, 15) is 13.2 Å². The SMILES string of the molecule is Cc1cc(C)nc(NS(=O)(=O)c2ccc(NC(=O)CSc3nnc4c(n3)[nH]c3ccccc34)cc2)n1. The van der Waals surface area contributed by atoms with Crippen molar-refractivity contribution >= 4 is 61.4 Å². The van der Waals surface area contributed by atoms with E-state index in [1.54, 1.807) is 19.9 Å². The predicted molar refractivity (Wildman–Crippen MR) is 137 cm³/mol. The highest BCUT2D eigenvalue weighted by atomic mass is 32.2. The van der Waals surface area contributed by atoms with Crippen LogP contribution < -0.4 is 10.0 Å². The lowest BCUT2D eigenvalue weighted by molar-refractivity contribution is -0.113. The van der Waals surface area contributed by atoms with E-state index in [1.165, 1.54) is 24.3 Å². The van der Waals surface area contributed by atoms with Gasteiger partial charge >= 0.3 is 0 Å². The van der Waals surface area contributed by atoms with Crippen molar-refractivity contribution in [1.82, 2.24) is 30.1 Å². The summed E-state index contributed by atoms with van der Waals surface area (Å²) < 4.78 is 27.7. The van der Waals surface area contributed by atoms with Crippen LogP contribution in [0.2, 0.25) is 0 Å². The lowest BCUT2D eigenvalue weighted by atomic mass is 10.2. The van der Waals surface area contributed by atoms with E-state index in [0.29, 0.717) is 33.4 Å². The smallest absolute Gasteiger partial charge is 0.264 e. The van der Waals surface area contributed by atoms with E-state index in [4.69, 9.17) is 0 Å². The second-order valence-electron chi connectivity index (χ2n) is 7.90. The first-order chi connectivity index (χ1) is 17.3. The van der Waals surface area contributed by atoms with Gasteiger partial charge in [0.2, 0.25) is 17.0 Å². The number of hydrogen-bond acceptors (Lipinski definition) is 9. The molecular weight excluding hydrogens is 500 g/mol. The lowest BCUT2D eigenvalue weighted by Crippen LogP contribution is -2.16. The summed E-state index contributed by atoms with van der Waals surface area (Å²) in [4.78, 5) is 28.3. The number of hydrogen-bond donors (Lipinski definition) is 3. The minimum Gasteiger partial charge on any atom is -0.338 e. The van der Waals surface area contributed by atoms with Crippen LogP contribution >= 0.6 is 11.8 Å². The first kappa shape index (κ1) is 23.6. The van der Waals surface area contributed by atoms with Crippen molar-refractivity contribution in [1.29, 1.82) is 0 Å². The highest BCUT2D eigenvalue weighted by Crippen LogP contribution is 2.23. The number of carbonyl (C=O) groups excluding carboxylic acids is 1. The van der Waals surface area contributed by atoms with E-state index in [0.717, 1.165) is 22.7 Å². The van der Waals surface area contributed by atoms with Gasteiger partial charge in [-0.25, -0.2) is 28.1 Å². The van der Waals surface area contributed by atoms with Gasteiger partial charge in [0.05, 0.1) is 10.6 Å². The van der Waals surface area contributed by atoms with Crippen LogP contribution in [0.3, 0.4) is 0 Å². The molecule has 5 rings (SSSR count). The van der Waals surface area contributed by atoms with Gasteiger partial charge in [-0.15, -0.1) is 10.2 Å². The Bertz CT molecular complexity index is 1680. The number of thioether (sulfide) groups is 1. The summed E-state index contributed by atoms with van der Waals surface area (Å²) in [6, 6.07) is 15.3. The van der Waals surface area contributed by atoms with Crippen molar-refractivity contribution in [3.05, 3.63) is 66.0 Å². The number of fused-ring (bicyclic) bond motifs is 3. The molecule has 13 heteroatoms. The maximum absolute atomic E-state index is 12.7. The molecule has 0 saturated carbocycles. The molecule has 0 aliphatic heterocycles. The molecule has 0 fully saturated rings. The molecule has 0 atom stereocenters. The van der Waals surface area contributed by atoms with Crippen LogP contribution in [0.15, 0.2) is 64.6 Å². The number of nitrogens with zero attached hydrogens (tertiary/aromatic N) is 5. The Morgan fingerprint density at radius 2 is 1.69 bits per heavy atom. The van der Waals surface area contributed by atoms with Gasteiger partial charge in [-0.3, -0.25) is 4.79 Å². The number of aryl methyl sites for hydroxylation is 2. The normalized spacial score (nSPS) is 11.6. The van der Waals surface area contributed by atoms with Crippen LogP contribution in [0.5, 0.6) is 0 Å². The van der Waals surface area contributed by atoms with Crippen molar-refractivity contribution < 1.29 is 13.2 Å². The summed E-state index contributed by atoms with van der Waals surface area (Å²) >= 11 is 1.15. The number of sulfonamides is 1. The molecule has 0 unspecified atom stereocenters. The van der Waals surface area contributed by atoms with Crippen LogP contribution in [0, 0.1) is 13.8 Å². The fraction of sp³-hybridized carbons (Fsp3) is 0.130. The predicted octanol–water partition coefficient (Wildman–Crippen LogP) is 3.44. The summed E-state index contributed by atoms with van der Waals surface area (Å²) in [5, 5.41) is 12.4. The Kier molecular flexibility index (Phi) is 6.24. The van der Waals surface area contributed by atoms with Crippen molar-refractivity contribution in [2.24, 2.45) is 0 Å². The lowest BCUT2D eigenvalue weighted by Gasteiger charge is -2.09. The van der Waals surface area contributed by atoms with E-state index in [-0.39, 0.29) is 22.5 Å². The molecule has 1 amide bonds. The van der Waals surface area contributed by atoms with Crippen molar-refractivity contribution in [3.63, 3.8) is 0 Å². The van der Waals surface area contributed by atoms with Crippen LogP contribution in [0.25, 0.3) is 22.1 Å². The van der Waals surface area contributed by atoms with Gasteiger partial charge < -0.3 is 10.3 Å². The van der Waals surface area contributed by atoms with Gasteiger partial charge in [-0.2, -0.15) is 0 Å². The Hall–Kier alpha value is -4.10. The number of rotatable bonds is 7. The molecule has 3 heterocycles. The molecular formula is C23H20N8O3S2. The molecule has 0 saturated heterocycles. The topological polar surface area (TPSA) is 156 Å². The monoisotopic (exact) mass is 520 g/mol. The van der Waals surface area contributed by atoms with Gasteiger partial charge in [0.25, 0.3) is 10.0 Å². The maximum atomic E-state index is 12.7. The average molecular weight is 521 g/mol. The van der Waals surface area contributed by atoms with E-state index < -0.39 is 10.0 Å². The van der Waals surface area contributed by atoms with Crippen LogP contribution in [-0.2, 0) is 14.8 Å². The molecule has 182 valence electrons.